The van der Waals surface area contributed by atoms with Gasteiger partial charge in [0.25, 0.3) is 0 Å². The molecule has 114 valence electrons. The van der Waals surface area contributed by atoms with Crippen molar-refractivity contribution in [1.82, 2.24) is 4.90 Å². The van der Waals surface area contributed by atoms with E-state index in [1.807, 2.05) is 7.11 Å². The van der Waals surface area contributed by atoms with Crippen molar-refractivity contribution >= 4 is 0 Å². The topological polar surface area (TPSA) is 21.7 Å². The molecule has 2 heterocycles. The van der Waals surface area contributed by atoms with Gasteiger partial charge in [0.15, 0.2) is 0 Å². The second-order valence-electron chi connectivity index (χ2n) is 7.61. The Labute approximate surface area is 127 Å². The molecule has 3 heteroatoms. The molecular weight excluding hydrogens is 262 g/mol. The van der Waals surface area contributed by atoms with E-state index in [0.717, 1.165) is 12.8 Å². The first-order chi connectivity index (χ1) is 10.3. The van der Waals surface area contributed by atoms with Gasteiger partial charge in [-0.2, -0.15) is 0 Å². The van der Waals surface area contributed by atoms with Gasteiger partial charge in [-0.3, -0.25) is 0 Å². The van der Waals surface area contributed by atoms with Crippen molar-refractivity contribution < 1.29 is 9.47 Å². The minimum atomic E-state index is 0.246. The molecule has 2 unspecified atom stereocenters. The molecule has 1 spiro atoms. The van der Waals surface area contributed by atoms with Crippen molar-refractivity contribution in [1.29, 1.82) is 0 Å². The normalized spacial score (nSPS) is 51.2. The van der Waals surface area contributed by atoms with Crippen LogP contribution in [0, 0.1) is 11.3 Å². The van der Waals surface area contributed by atoms with Gasteiger partial charge in [-0.1, -0.05) is 17.7 Å². The number of ether oxygens (including phenoxy) is 2. The van der Waals surface area contributed by atoms with Crippen molar-refractivity contribution in [2.24, 2.45) is 11.3 Å². The lowest BCUT2D eigenvalue weighted by atomic mass is 9.52. The van der Waals surface area contributed by atoms with Crippen molar-refractivity contribution in [2.45, 2.75) is 56.5 Å². The van der Waals surface area contributed by atoms with Gasteiger partial charge in [-0.25, -0.2) is 0 Å². The summed E-state index contributed by atoms with van der Waals surface area (Å²) in [4.78, 5) is 2.60. The zero-order valence-corrected chi connectivity index (χ0v) is 13.0. The van der Waals surface area contributed by atoms with Gasteiger partial charge in [0.2, 0.25) is 0 Å². The Kier molecular flexibility index (Phi) is 2.58. The molecule has 0 amide bonds. The molecule has 5 rings (SSSR count). The van der Waals surface area contributed by atoms with Crippen LogP contribution in [0.1, 0.15) is 32.1 Å². The van der Waals surface area contributed by atoms with Gasteiger partial charge in [0.05, 0.1) is 12.2 Å². The van der Waals surface area contributed by atoms with Crippen LogP contribution in [0.5, 0.6) is 0 Å². The van der Waals surface area contributed by atoms with Crippen LogP contribution < -0.4 is 0 Å². The quantitative estimate of drug-likeness (QED) is 0.692. The SMILES string of the molecule is COC1CCC2=C3C1O[C@H]1CC=C[C@H]4[C@@H](C2)N(C)CC[C@]314. The smallest absolute Gasteiger partial charge is 0.106 e. The number of piperidine rings is 1. The van der Waals surface area contributed by atoms with Crippen molar-refractivity contribution in [3.05, 3.63) is 23.3 Å². The molecule has 5 aliphatic rings. The Bertz CT molecular complexity index is 539. The molecule has 21 heavy (non-hydrogen) atoms. The van der Waals surface area contributed by atoms with E-state index < -0.39 is 0 Å². The van der Waals surface area contributed by atoms with E-state index in [1.165, 1.54) is 25.8 Å². The summed E-state index contributed by atoms with van der Waals surface area (Å²) in [5.74, 6) is 0.661. The monoisotopic (exact) mass is 287 g/mol. The lowest BCUT2D eigenvalue weighted by Crippen LogP contribution is -2.59. The maximum absolute atomic E-state index is 6.61. The molecule has 0 N–H and O–H groups in total. The third kappa shape index (κ3) is 1.41. The molecule has 2 aliphatic heterocycles. The number of likely N-dealkylation sites (tertiary alicyclic amines) is 1. The number of nitrogens with zero attached hydrogens (tertiary/aromatic N) is 1. The summed E-state index contributed by atoms with van der Waals surface area (Å²) in [6.07, 6.45) is 11.8. The van der Waals surface area contributed by atoms with Crippen LogP contribution in [0.3, 0.4) is 0 Å². The zero-order valence-electron chi connectivity index (χ0n) is 13.0. The molecule has 3 aliphatic carbocycles. The first kappa shape index (κ1) is 12.9. The van der Waals surface area contributed by atoms with Crippen molar-refractivity contribution in [3.8, 4) is 0 Å². The van der Waals surface area contributed by atoms with Crippen LogP contribution in [-0.4, -0.2) is 50.0 Å². The second kappa shape index (κ2) is 4.21. The maximum atomic E-state index is 6.61. The fourth-order valence-electron chi connectivity index (χ4n) is 6.12. The second-order valence-corrected chi connectivity index (χ2v) is 7.61. The fourth-order valence-corrected chi connectivity index (χ4v) is 6.12. The standard InChI is InChI=1S/C18H25NO2/c1-19-9-8-18-12-4-3-5-15(18)21-17-14(20-2)7-6-11(16(17)18)10-13(12)19/h3-4,12-15,17H,5-10H2,1-2H3/t12-,13+,14?,15-,17?,18+/m0/s1. The summed E-state index contributed by atoms with van der Waals surface area (Å²) in [6.45, 7) is 1.22. The molecule has 2 saturated heterocycles. The molecule has 2 fully saturated rings. The van der Waals surface area contributed by atoms with Crippen LogP contribution in [0.25, 0.3) is 0 Å². The number of hydrogen-bond acceptors (Lipinski definition) is 3. The summed E-state index contributed by atoms with van der Waals surface area (Å²) in [7, 11) is 4.17. The fraction of sp³-hybridized carbons (Fsp3) is 0.778. The summed E-state index contributed by atoms with van der Waals surface area (Å²) in [5.41, 5.74) is 3.71. The largest absolute Gasteiger partial charge is 0.378 e. The van der Waals surface area contributed by atoms with E-state index in [0.29, 0.717) is 23.5 Å². The molecular formula is C18H25NO2. The highest BCUT2D eigenvalue weighted by molar-refractivity contribution is 5.43. The predicted molar refractivity (Wildman–Crippen MR) is 81.1 cm³/mol. The van der Waals surface area contributed by atoms with E-state index in [1.54, 1.807) is 11.1 Å². The minimum Gasteiger partial charge on any atom is -0.378 e. The highest BCUT2D eigenvalue weighted by atomic mass is 16.5. The average Bonchev–Trinajstić information content (AvgIpc) is 2.84. The van der Waals surface area contributed by atoms with Crippen LogP contribution in [0.2, 0.25) is 0 Å². The van der Waals surface area contributed by atoms with Gasteiger partial charge in [-0.05, 0) is 51.3 Å². The molecule has 0 aromatic heterocycles. The van der Waals surface area contributed by atoms with Crippen LogP contribution in [0.15, 0.2) is 23.3 Å². The Morgan fingerprint density at radius 1 is 1.43 bits per heavy atom. The zero-order chi connectivity index (χ0) is 14.2. The summed E-state index contributed by atoms with van der Waals surface area (Å²) >= 11 is 0. The summed E-state index contributed by atoms with van der Waals surface area (Å²) < 4.78 is 12.4. The predicted octanol–water partition coefficient (Wildman–Crippen LogP) is 2.53. The third-order valence-electron chi connectivity index (χ3n) is 7.03. The van der Waals surface area contributed by atoms with Gasteiger partial charge in [0.1, 0.15) is 6.10 Å². The average molecular weight is 287 g/mol. The third-order valence-corrected chi connectivity index (χ3v) is 7.03. The maximum Gasteiger partial charge on any atom is 0.106 e. The van der Waals surface area contributed by atoms with E-state index in [2.05, 4.69) is 24.1 Å². The molecule has 0 saturated carbocycles. The Morgan fingerprint density at radius 3 is 3.19 bits per heavy atom. The van der Waals surface area contributed by atoms with Gasteiger partial charge < -0.3 is 14.4 Å². The first-order valence-corrected chi connectivity index (χ1v) is 8.53. The molecule has 2 bridgehead atoms. The van der Waals surface area contributed by atoms with Crippen molar-refractivity contribution in [3.63, 3.8) is 0 Å². The Hall–Kier alpha value is -0.640. The van der Waals surface area contributed by atoms with E-state index in [-0.39, 0.29) is 12.2 Å². The highest BCUT2D eigenvalue weighted by Gasteiger charge is 2.64. The van der Waals surface area contributed by atoms with Gasteiger partial charge in [0, 0.05) is 24.5 Å². The number of rotatable bonds is 1. The molecule has 0 aromatic rings. The van der Waals surface area contributed by atoms with Gasteiger partial charge in [-0.15, -0.1) is 0 Å². The highest BCUT2D eigenvalue weighted by Crippen LogP contribution is 2.64. The van der Waals surface area contributed by atoms with Crippen LogP contribution in [0.4, 0.5) is 0 Å². The number of methoxy groups -OCH3 is 1. The molecule has 0 aromatic carbocycles. The lowest BCUT2D eigenvalue weighted by Gasteiger charge is -2.57. The minimum absolute atomic E-state index is 0.246. The van der Waals surface area contributed by atoms with E-state index in [4.69, 9.17) is 9.47 Å². The lowest BCUT2D eigenvalue weighted by molar-refractivity contribution is -0.0769. The van der Waals surface area contributed by atoms with Crippen LogP contribution >= 0.6 is 0 Å². The van der Waals surface area contributed by atoms with Crippen LogP contribution in [-0.2, 0) is 9.47 Å². The van der Waals surface area contributed by atoms with E-state index >= 15 is 0 Å². The molecule has 0 radical (unpaired) electrons. The van der Waals surface area contributed by atoms with E-state index in [9.17, 15) is 0 Å². The summed E-state index contributed by atoms with van der Waals surface area (Å²) in [5, 5.41) is 0. The Balaban J connectivity index is 1.71. The number of hydrogen-bond donors (Lipinski definition) is 0. The molecule has 3 nitrogen and oxygen atoms in total. The first-order valence-electron chi connectivity index (χ1n) is 8.53. The summed E-state index contributed by atoms with van der Waals surface area (Å²) in [6, 6.07) is 0.693. The Morgan fingerprint density at radius 2 is 2.33 bits per heavy atom. The van der Waals surface area contributed by atoms with Crippen molar-refractivity contribution in [2.75, 3.05) is 20.7 Å². The molecule has 6 atom stereocenters. The van der Waals surface area contributed by atoms with Gasteiger partial charge >= 0.3 is 0 Å².